The average molecular weight is 392 g/mol. The predicted molar refractivity (Wildman–Crippen MR) is 89.5 cm³/mol. The molecule has 0 fully saturated rings. The molecule has 1 atom stereocenters. The molecule has 0 aliphatic heterocycles. The number of halogens is 1. The van der Waals surface area contributed by atoms with Gasteiger partial charge < -0.3 is 18.9 Å². The van der Waals surface area contributed by atoms with Crippen LogP contribution in [0, 0.1) is 0 Å². The lowest BCUT2D eigenvalue weighted by Crippen LogP contribution is -2.30. The van der Waals surface area contributed by atoms with E-state index in [2.05, 4.69) is 21.2 Å². The first-order valence-corrected chi connectivity index (χ1v) is 8.02. The Labute approximate surface area is 145 Å². The van der Waals surface area contributed by atoms with Gasteiger partial charge in [-0.15, -0.1) is 0 Å². The van der Waals surface area contributed by atoms with Crippen LogP contribution in [0.1, 0.15) is 29.3 Å². The van der Waals surface area contributed by atoms with Gasteiger partial charge in [0.2, 0.25) is 5.76 Å². The maximum atomic E-state index is 11.9. The minimum absolute atomic E-state index is 0.0278. The Morgan fingerprint density at radius 2 is 2.00 bits per heavy atom. The molecule has 0 unspecified atom stereocenters. The summed E-state index contributed by atoms with van der Waals surface area (Å²) in [6.07, 6.45) is 0. The van der Waals surface area contributed by atoms with Crippen molar-refractivity contribution in [2.45, 2.75) is 13.0 Å². The third-order valence-corrected chi connectivity index (χ3v) is 3.78. The molecule has 7 heteroatoms. The molecule has 0 aliphatic carbocycles. The smallest absolute Gasteiger partial charge is 0.374 e. The van der Waals surface area contributed by atoms with Crippen molar-refractivity contribution in [3.63, 3.8) is 0 Å². The summed E-state index contributed by atoms with van der Waals surface area (Å²) >= 11 is 3.09. The van der Waals surface area contributed by atoms with Crippen molar-refractivity contribution in [1.29, 1.82) is 0 Å². The van der Waals surface area contributed by atoms with Crippen molar-refractivity contribution >= 4 is 38.8 Å². The molecule has 3 rings (SSSR count). The summed E-state index contributed by atoms with van der Waals surface area (Å²) < 4.78 is 16.1. The lowest BCUT2D eigenvalue weighted by Gasteiger charge is -2.11. The second-order valence-corrected chi connectivity index (χ2v) is 5.94. The van der Waals surface area contributed by atoms with Crippen LogP contribution in [0.5, 0.6) is 0 Å². The highest BCUT2D eigenvalue weighted by Crippen LogP contribution is 2.23. The van der Waals surface area contributed by atoms with Crippen LogP contribution >= 0.6 is 15.9 Å². The Morgan fingerprint density at radius 1 is 1.21 bits per heavy atom. The summed E-state index contributed by atoms with van der Waals surface area (Å²) in [7, 11) is 0. The standard InChI is InChI=1S/C17H14BrNO5/c1-10(14-8-11-4-2-3-5-12(11)23-14)19-16(20)9-22-17(21)13-6-7-15(18)24-13/h2-8,10H,9H2,1H3,(H,19,20)/t10-/m0/s1. The largest absolute Gasteiger partial charge is 0.459 e. The molecule has 1 amide bonds. The van der Waals surface area contributed by atoms with Crippen LogP contribution in [-0.4, -0.2) is 18.5 Å². The predicted octanol–water partition coefficient (Wildman–Crippen LogP) is 3.82. The normalized spacial score (nSPS) is 12.1. The highest BCUT2D eigenvalue weighted by molar-refractivity contribution is 9.10. The van der Waals surface area contributed by atoms with E-state index in [1.54, 1.807) is 13.0 Å². The van der Waals surface area contributed by atoms with Gasteiger partial charge in [-0.3, -0.25) is 4.79 Å². The molecule has 0 bridgehead atoms. The van der Waals surface area contributed by atoms with E-state index in [9.17, 15) is 9.59 Å². The number of hydrogen-bond acceptors (Lipinski definition) is 5. The summed E-state index contributed by atoms with van der Waals surface area (Å²) in [5.74, 6) is -0.472. The molecule has 2 heterocycles. The summed E-state index contributed by atoms with van der Waals surface area (Å²) in [6, 6.07) is 12.1. The molecule has 6 nitrogen and oxygen atoms in total. The molecule has 1 N–H and O–H groups in total. The van der Waals surface area contributed by atoms with Gasteiger partial charge in [-0.1, -0.05) is 18.2 Å². The van der Waals surface area contributed by atoms with Crippen LogP contribution < -0.4 is 5.32 Å². The molecule has 3 aromatic rings. The fourth-order valence-corrected chi connectivity index (χ4v) is 2.50. The second kappa shape index (κ2) is 6.92. The molecule has 2 aromatic heterocycles. The number of ether oxygens (including phenoxy) is 1. The van der Waals surface area contributed by atoms with Crippen LogP contribution in [0.15, 0.2) is 56.0 Å². The molecule has 1 aromatic carbocycles. The Kier molecular flexibility index (Phi) is 4.71. The van der Waals surface area contributed by atoms with E-state index >= 15 is 0 Å². The highest BCUT2D eigenvalue weighted by Gasteiger charge is 2.17. The Morgan fingerprint density at radius 3 is 2.71 bits per heavy atom. The number of furan rings is 2. The monoisotopic (exact) mass is 391 g/mol. The average Bonchev–Trinajstić information content (AvgIpc) is 3.18. The number of esters is 1. The summed E-state index contributed by atoms with van der Waals surface area (Å²) in [6.45, 7) is 1.39. The van der Waals surface area contributed by atoms with Crippen molar-refractivity contribution in [1.82, 2.24) is 5.32 Å². The van der Waals surface area contributed by atoms with Gasteiger partial charge in [0.1, 0.15) is 11.3 Å². The first kappa shape index (κ1) is 16.3. The second-order valence-electron chi connectivity index (χ2n) is 5.16. The fraction of sp³-hybridized carbons (Fsp3) is 0.176. The molecule has 0 saturated heterocycles. The van der Waals surface area contributed by atoms with E-state index in [0.717, 1.165) is 11.0 Å². The van der Waals surface area contributed by atoms with E-state index < -0.39 is 18.5 Å². The molecule has 0 spiro atoms. The van der Waals surface area contributed by atoms with Crippen molar-refractivity contribution < 1.29 is 23.2 Å². The molecular weight excluding hydrogens is 378 g/mol. The van der Waals surface area contributed by atoms with Crippen LogP contribution in [0.4, 0.5) is 0 Å². The molecular formula is C17H14BrNO5. The number of carbonyl (C=O) groups is 2. The number of rotatable bonds is 5. The fourth-order valence-electron chi connectivity index (χ4n) is 2.20. The minimum Gasteiger partial charge on any atom is -0.459 e. The topological polar surface area (TPSA) is 81.7 Å². The van der Waals surface area contributed by atoms with Gasteiger partial charge in [-0.25, -0.2) is 4.79 Å². The van der Waals surface area contributed by atoms with Gasteiger partial charge in [0.15, 0.2) is 11.3 Å². The van der Waals surface area contributed by atoms with E-state index in [1.807, 2.05) is 30.3 Å². The zero-order chi connectivity index (χ0) is 17.1. The Hall–Kier alpha value is -2.54. The maximum absolute atomic E-state index is 11.9. The molecule has 0 saturated carbocycles. The zero-order valence-electron chi connectivity index (χ0n) is 12.7. The summed E-state index contributed by atoms with van der Waals surface area (Å²) in [5, 5.41) is 3.68. The van der Waals surface area contributed by atoms with Gasteiger partial charge in [0.25, 0.3) is 5.91 Å². The first-order valence-electron chi connectivity index (χ1n) is 7.23. The lowest BCUT2D eigenvalue weighted by molar-refractivity contribution is -0.125. The quantitative estimate of drug-likeness (QED) is 0.668. The summed E-state index contributed by atoms with van der Waals surface area (Å²) in [5.41, 5.74) is 0.753. The Bertz CT molecular complexity index is 849. The van der Waals surface area contributed by atoms with Gasteiger partial charge in [0, 0.05) is 5.39 Å². The molecule has 0 radical (unpaired) electrons. The number of amides is 1. The summed E-state index contributed by atoms with van der Waals surface area (Å²) in [4.78, 5) is 23.6. The van der Waals surface area contributed by atoms with Gasteiger partial charge in [-0.05, 0) is 47.1 Å². The number of para-hydroxylation sites is 1. The maximum Gasteiger partial charge on any atom is 0.374 e. The van der Waals surface area contributed by atoms with Crippen molar-refractivity contribution in [3.05, 3.63) is 58.7 Å². The van der Waals surface area contributed by atoms with Crippen molar-refractivity contribution in [3.8, 4) is 0 Å². The van der Waals surface area contributed by atoms with Crippen LogP contribution in [0.2, 0.25) is 0 Å². The number of fused-ring (bicyclic) bond motifs is 1. The minimum atomic E-state index is -0.702. The van der Waals surface area contributed by atoms with E-state index in [0.29, 0.717) is 10.4 Å². The third kappa shape index (κ3) is 3.68. The van der Waals surface area contributed by atoms with Crippen LogP contribution in [0.25, 0.3) is 11.0 Å². The van der Waals surface area contributed by atoms with E-state index in [4.69, 9.17) is 13.6 Å². The van der Waals surface area contributed by atoms with Gasteiger partial charge >= 0.3 is 5.97 Å². The Balaban J connectivity index is 1.55. The van der Waals surface area contributed by atoms with Crippen molar-refractivity contribution in [2.75, 3.05) is 6.61 Å². The van der Waals surface area contributed by atoms with E-state index in [-0.39, 0.29) is 11.8 Å². The third-order valence-electron chi connectivity index (χ3n) is 3.36. The first-order chi connectivity index (χ1) is 11.5. The van der Waals surface area contributed by atoms with Gasteiger partial charge in [0.05, 0.1) is 6.04 Å². The number of benzene rings is 1. The molecule has 0 aliphatic rings. The van der Waals surface area contributed by atoms with Crippen molar-refractivity contribution in [2.24, 2.45) is 0 Å². The number of carbonyl (C=O) groups excluding carboxylic acids is 2. The van der Waals surface area contributed by atoms with Gasteiger partial charge in [-0.2, -0.15) is 0 Å². The lowest BCUT2D eigenvalue weighted by atomic mass is 10.2. The number of nitrogens with one attached hydrogen (secondary N) is 1. The highest BCUT2D eigenvalue weighted by atomic mass is 79.9. The van der Waals surface area contributed by atoms with E-state index in [1.165, 1.54) is 6.07 Å². The number of hydrogen-bond donors (Lipinski definition) is 1. The zero-order valence-corrected chi connectivity index (χ0v) is 14.3. The van der Waals surface area contributed by atoms with Crippen LogP contribution in [0.3, 0.4) is 0 Å². The molecule has 24 heavy (non-hydrogen) atoms. The molecule has 124 valence electrons. The SMILES string of the molecule is C[C@H](NC(=O)COC(=O)c1ccc(Br)o1)c1cc2ccccc2o1. The van der Waals surface area contributed by atoms with Crippen LogP contribution in [-0.2, 0) is 9.53 Å².